The third-order valence-electron chi connectivity index (χ3n) is 4.75. The number of fused-ring (bicyclic) bond motifs is 1. The molecule has 5 nitrogen and oxygen atoms in total. The van der Waals surface area contributed by atoms with Gasteiger partial charge in [0.2, 0.25) is 0 Å². The second kappa shape index (κ2) is 6.50. The van der Waals surface area contributed by atoms with Crippen LogP contribution >= 0.6 is 11.6 Å². The topological polar surface area (TPSA) is 58.2 Å². The lowest BCUT2D eigenvalue weighted by Gasteiger charge is -2.26. The van der Waals surface area contributed by atoms with Crippen molar-refractivity contribution in [3.8, 4) is 5.75 Å². The van der Waals surface area contributed by atoms with E-state index < -0.39 is 0 Å². The largest absolute Gasteiger partial charge is 0.497 e. The Balaban J connectivity index is 1.73. The molecule has 0 saturated carbocycles. The van der Waals surface area contributed by atoms with Crippen LogP contribution in [0.2, 0.25) is 5.02 Å². The van der Waals surface area contributed by atoms with Crippen LogP contribution in [0.25, 0.3) is 0 Å². The SMILES string of the molecule is COc1ccc(CN2C(=O)c3[nH]nc(C)c3C2c2ccc(Cl)cc2)cc1. The number of H-pyrrole nitrogens is 1. The number of carbonyl (C=O) groups is 1. The van der Waals surface area contributed by atoms with Gasteiger partial charge in [-0.05, 0) is 42.3 Å². The van der Waals surface area contributed by atoms with Gasteiger partial charge in [-0.2, -0.15) is 5.10 Å². The highest BCUT2D eigenvalue weighted by Crippen LogP contribution is 2.40. The molecule has 0 aliphatic carbocycles. The third kappa shape index (κ3) is 2.74. The zero-order valence-electron chi connectivity index (χ0n) is 14.5. The van der Waals surface area contributed by atoms with Gasteiger partial charge in [0.15, 0.2) is 0 Å². The second-order valence-electron chi connectivity index (χ2n) is 6.33. The predicted molar refractivity (Wildman–Crippen MR) is 99.5 cm³/mol. The van der Waals surface area contributed by atoms with E-state index in [9.17, 15) is 4.79 Å². The molecule has 132 valence electrons. The van der Waals surface area contributed by atoms with Crippen molar-refractivity contribution in [1.82, 2.24) is 15.1 Å². The first kappa shape index (κ1) is 16.7. The van der Waals surface area contributed by atoms with Gasteiger partial charge in [0.1, 0.15) is 11.4 Å². The van der Waals surface area contributed by atoms with Crippen LogP contribution in [0.15, 0.2) is 48.5 Å². The Morgan fingerprint density at radius 2 is 1.85 bits per heavy atom. The summed E-state index contributed by atoms with van der Waals surface area (Å²) in [6.45, 7) is 2.42. The quantitative estimate of drug-likeness (QED) is 0.754. The first-order valence-electron chi connectivity index (χ1n) is 8.32. The molecule has 1 amide bonds. The molecule has 0 radical (unpaired) electrons. The number of nitrogens with one attached hydrogen (secondary N) is 1. The normalized spacial score (nSPS) is 16.0. The van der Waals surface area contributed by atoms with Crippen LogP contribution in [0.5, 0.6) is 5.75 Å². The number of hydrogen-bond donors (Lipinski definition) is 1. The number of rotatable bonds is 4. The van der Waals surface area contributed by atoms with Gasteiger partial charge in [0.05, 0.1) is 18.8 Å². The maximum atomic E-state index is 13.0. The van der Waals surface area contributed by atoms with Gasteiger partial charge >= 0.3 is 0 Å². The van der Waals surface area contributed by atoms with E-state index in [1.807, 2.05) is 60.4 Å². The number of amides is 1. The van der Waals surface area contributed by atoms with Crippen molar-refractivity contribution in [3.63, 3.8) is 0 Å². The molecule has 26 heavy (non-hydrogen) atoms. The number of nitrogens with zero attached hydrogens (tertiary/aromatic N) is 2. The van der Waals surface area contributed by atoms with Crippen molar-refractivity contribution in [2.75, 3.05) is 7.11 Å². The molecule has 1 atom stereocenters. The van der Waals surface area contributed by atoms with E-state index in [4.69, 9.17) is 16.3 Å². The summed E-state index contributed by atoms with van der Waals surface area (Å²) in [6, 6.07) is 15.2. The maximum Gasteiger partial charge on any atom is 0.273 e. The number of aromatic amines is 1. The molecule has 1 aliphatic heterocycles. The Morgan fingerprint density at radius 3 is 2.50 bits per heavy atom. The fourth-order valence-electron chi connectivity index (χ4n) is 3.44. The lowest BCUT2D eigenvalue weighted by molar-refractivity contribution is 0.0729. The van der Waals surface area contributed by atoms with Crippen molar-refractivity contribution in [1.29, 1.82) is 0 Å². The van der Waals surface area contributed by atoms with Crippen LogP contribution < -0.4 is 4.74 Å². The van der Waals surface area contributed by atoms with Crippen LogP contribution in [0.1, 0.15) is 38.9 Å². The van der Waals surface area contributed by atoms with E-state index in [1.54, 1.807) is 7.11 Å². The highest BCUT2D eigenvalue weighted by molar-refractivity contribution is 6.30. The number of halogens is 1. The Kier molecular flexibility index (Phi) is 4.17. The molecule has 1 aliphatic rings. The fraction of sp³-hybridized carbons (Fsp3) is 0.200. The lowest BCUT2D eigenvalue weighted by atomic mass is 9.99. The summed E-state index contributed by atoms with van der Waals surface area (Å²) in [5.41, 5.74) is 4.39. The Morgan fingerprint density at radius 1 is 1.15 bits per heavy atom. The number of carbonyl (C=O) groups excluding carboxylic acids is 1. The number of methoxy groups -OCH3 is 1. The molecule has 4 rings (SSSR count). The Bertz CT molecular complexity index is 948. The van der Waals surface area contributed by atoms with E-state index >= 15 is 0 Å². The van der Waals surface area contributed by atoms with Crippen molar-refractivity contribution in [3.05, 3.63) is 81.6 Å². The average molecular weight is 368 g/mol. The lowest BCUT2D eigenvalue weighted by Crippen LogP contribution is -2.29. The maximum absolute atomic E-state index is 13.0. The Labute approximate surface area is 156 Å². The summed E-state index contributed by atoms with van der Waals surface area (Å²) in [5.74, 6) is 0.748. The van der Waals surface area contributed by atoms with Crippen molar-refractivity contribution in [2.45, 2.75) is 19.5 Å². The van der Waals surface area contributed by atoms with Crippen LogP contribution in [-0.2, 0) is 6.54 Å². The van der Waals surface area contributed by atoms with Gasteiger partial charge in [-0.3, -0.25) is 9.89 Å². The summed E-state index contributed by atoms with van der Waals surface area (Å²) in [4.78, 5) is 14.9. The van der Waals surface area contributed by atoms with Crippen LogP contribution in [0.4, 0.5) is 0 Å². The van der Waals surface area contributed by atoms with Crippen LogP contribution in [-0.4, -0.2) is 28.1 Å². The number of ether oxygens (including phenoxy) is 1. The molecule has 3 aromatic rings. The highest BCUT2D eigenvalue weighted by atomic mass is 35.5. The first-order valence-corrected chi connectivity index (χ1v) is 8.70. The van der Waals surface area contributed by atoms with Gasteiger partial charge in [-0.1, -0.05) is 35.9 Å². The molecule has 1 N–H and O–H groups in total. The molecule has 2 aromatic carbocycles. The van der Waals surface area contributed by atoms with Gasteiger partial charge in [0.25, 0.3) is 5.91 Å². The van der Waals surface area contributed by atoms with Crippen LogP contribution in [0, 0.1) is 6.92 Å². The van der Waals surface area contributed by atoms with E-state index in [2.05, 4.69) is 10.2 Å². The first-order chi connectivity index (χ1) is 12.6. The predicted octanol–water partition coefficient (Wildman–Crippen LogP) is 4.13. The third-order valence-corrected chi connectivity index (χ3v) is 5.00. The molecule has 0 saturated heterocycles. The van der Waals surface area contributed by atoms with E-state index in [0.717, 1.165) is 28.1 Å². The molecule has 6 heteroatoms. The van der Waals surface area contributed by atoms with Crippen molar-refractivity contribution >= 4 is 17.5 Å². The van der Waals surface area contributed by atoms with Crippen molar-refractivity contribution < 1.29 is 9.53 Å². The van der Waals surface area contributed by atoms with E-state index in [1.165, 1.54) is 0 Å². The molecule has 1 unspecified atom stereocenters. The zero-order chi connectivity index (χ0) is 18.3. The second-order valence-corrected chi connectivity index (χ2v) is 6.77. The number of aryl methyl sites for hydroxylation is 1. The monoisotopic (exact) mass is 367 g/mol. The summed E-state index contributed by atoms with van der Waals surface area (Å²) >= 11 is 6.04. The van der Waals surface area contributed by atoms with E-state index in [0.29, 0.717) is 17.3 Å². The minimum Gasteiger partial charge on any atom is -0.497 e. The molecule has 0 spiro atoms. The smallest absolute Gasteiger partial charge is 0.273 e. The fourth-order valence-corrected chi connectivity index (χ4v) is 3.56. The van der Waals surface area contributed by atoms with E-state index in [-0.39, 0.29) is 11.9 Å². The van der Waals surface area contributed by atoms with Gasteiger partial charge in [0, 0.05) is 17.1 Å². The number of aromatic nitrogens is 2. The number of hydrogen-bond acceptors (Lipinski definition) is 3. The molecular weight excluding hydrogens is 350 g/mol. The summed E-state index contributed by atoms with van der Waals surface area (Å²) < 4.78 is 5.21. The standard InChI is InChI=1S/C20H18ClN3O2/c1-12-17-18(23-22-12)20(25)24(11-13-3-9-16(26-2)10-4-13)19(17)14-5-7-15(21)8-6-14/h3-10,19H,11H2,1-2H3,(H,22,23). The zero-order valence-corrected chi connectivity index (χ0v) is 15.2. The van der Waals surface area contributed by atoms with Crippen molar-refractivity contribution in [2.24, 2.45) is 0 Å². The summed E-state index contributed by atoms with van der Waals surface area (Å²) in [7, 11) is 1.64. The molecular formula is C20H18ClN3O2. The number of benzene rings is 2. The summed E-state index contributed by atoms with van der Waals surface area (Å²) in [5, 5.41) is 7.79. The highest BCUT2D eigenvalue weighted by Gasteiger charge is 2.40. The molecule has 0 fully saturated rings. The summed E-state index contributed by atoms with van der Waals surface area (Å²) in [6.07, 6.45) is 0. The molecule has 1 aromatic heterocycles. The minimum atomic E-state index is -0.185. The Hall–Kier alpha value is -2.79. The van der Waals surface area contributed by atoms with Crippen LogP contribution in [0.3, 0.4) is 0 Å². The van der Waals surface area contributed by atoms with Gasteiger partial charge < -0.3 is 9.64 Å². The van der Waals surface area contributed by atoms with Gasteiger partial charge in [-0.25, -0.2) is 0 Å². The minimum absolute atomic E-state index is 0.0450. The average Bonchev–Trinajstić information content (AvgIpc) is 3.16. The molecule has 2 heterocycles. The van der Waals surface area contributed by atoms with Gasteiger partial charge in [-0.15, -0.1) is 0 Å². The molecule has 0 bridgehead atoms.